The van der Waals surface area contributed by atoms with Crippen LogP contribution in [0.4, 0.5) is 4.79 Å². The van der Waals surface area contributed by atoms with E-state index in [1.807, 2.05) is 0 Å². The van der Waals surface area contributed by atoms with E-state index >= 15 is 0 Å². The molecule has 1 N–H and O–H groups in total. The summed E-state index contributed by atoms with van der Waals surface area (Å²) in [5, 5.41) is 2.83. The lowest BCUT2D eigenvalue weighted by Crippen LogP contribution is -2.47. The molecule has 26 heavy (non-hydrogen) atoms. The van der Waals surface area contributed by atoms with Crippen LogP contribution < -0.4 is 5.32 Å². The highest BCUT2D eigenvalue weighted by Gasteiger charge is 2.37. The summed E-state index contributed by atoms with van der Waals surface area (Å²) in [5.41, 5.74) is 0.217. The zero-order chi connectivity index (χ0) is 19.5. The number of ether oxygens (including phenoxy) is 1. The highest BCUT2D eigenvalue weighted by molar-refractivity contribution is 6.21. The molecule has 1 heterocycles. The molecule has 6 heteroatoms. The summed E-state index contributed by atoms with van der Waals surface area (Å²) in [6.07, 6.45) is 1.06. The van der Waals surface area contributed by atoms with Crippen LogP contribution in [0.15, 0.2) is 24.3 Å². The third-order valence-corrected chi connectivity index (χ3v) is 4.39. The number of nitrogens with one attached hydrogen (secondary N) is 1. The number of rotatable bonds is 6. The molecule has 142 valence electrons. The molecular formula is C20H28N2O4. The van der Waals surface area contributed by atoms with Crippen molar-refractivity contribution in [3.63, 3.8) is 0 Å². The van der Waals surface area contributed by atoms with E-state index in [2.05, 4.69) is 19.2 Å². The minimum Gasteiger partial charge on any atom is -0.444 e. The molecule has 2 rings (SSSR count). The number of nitrogens with zero attached hydrogens (tertiary/aromatic N) is 1. The van der Waals surface area contributed by atoms with E-state index in [0.717, 1.165) is 6.42 Å². The number of hydrogen-bond acceptors (Lipinski definition) is 4. The van der Waals surface area contributed by atoms with E-state index in [9.17, 15) is 14.4 Å². The molecule has 0 fully saturated rings. The van der Waals surface area contributed by atoms with E-state index < -0.39 is 11.7 Å². The largest absolute Gasteiger partial charge is 0.444 e. The molecule has 0 saturated heterocycles. The van der Waals surface area contributed by atoms with Gasteiger partial charge in [0.25, 0.3) is 11.8 Å². The van der Waals surface area contributed by atoms with Crippen molar-refractivity contribution in [1.82, 2.24) is 10.2 Å². The van der Waals surface area contributed by atoms with Gasteiger partial charge in [-0.25, -0.2) is 4.79 Å². The van der Waals surface area contributed by atoms with Crippen molar-refractivity contribution in [3.8, 4) is 0 Å². The van der Waals surface area contributed by atoms with Crippen LogP contribution >= 0.6 is 0 Å². The monoisotopic (exact) mass is 360 g/mol. The van der Waals surface area contributed by atoms with Gasteiger partial charge in [-0.05, 0) is 45.2 Å². The molecule has 0 bridgehead atoms. The number of imide groups is 1. The number of benzene rings is 1. The molecule has 0 radical (unpaired) electrons. The van der Waals surface area contributed by atoms with Gasteiger partial charge in [0.2, 0.25) is 0 Å². The maximum Gasteiger partial charge on any atom is 0.407 e. The molecule has 0 aromatic heterocycles. The molecule has 1 unspecified atom stereocenters. The number of amides is 3. The molecule has 1 aromatic carbocycles. The van der Waals surface area contributed by atoms with Crippen LogP contribution in [-0.4, -0.2) is 41.0 Å². The average molecular weight is 360 g/mol. The first kappa shape index (κ1) is 19.9. The van der Waals surface area contributed by atoms with Gasteiger partial charge < -0.3 is 10.1 Å². The normalized spacial score (nSPS) is 16.3. The van der Waals surface area contributed by atoms with Crippen molar-refractivity contribution < 1.29 is 19.1 Å². The number of carbonyl (C=O) groups is 3. The average Bonchev–Trinajstić information content (AvgIpc) is 2.78. The van der Waals surface area contributed by atoms with Crippen molar-refractivity contribution in [2.24, 2.45) is 5.92 Å². The minimum absolute atomic E-state index is 0.135. The second kappa shape index (κ2) is 7.89. The molecule has 0 spiro atoms. The highest BCUT2D eigenvalue weighted by atomic mass is 16.6. The lowest BCUT2D eigenvalue weighted by atomic mass is 9.99. The molecule has 1 aromatic rings. The Balaban J connectivity index is 2.13. The summed E-state index contributed by atoms with van der Waals surface area (Å²) in [6, 6.07) is 6.43. The fraction of sp³-hybridized carbons (Fsp3) is 0.550. The lowest BCUT2D eigenvalue weighted by molar-refractivity contribution is 0.0458. The first-order chi connectivity index (χ1) is 12.1. The molecule has 2 atom stereocenters. The van der Waals surface area contributed by atoms with Crippen molar-refractivity contribution in [1.29, 1.82) is 0 Å². The molecule has 1 aliphatic rings. The summed E-state index contributed by atoms with van der Waals surface area (Å²) in [7, 11) is 0. The van der Waals surface area contributed by atoms with Gasteiger partial charge in [-0.15, -0.1) is 0 Å². The highest BCUT2D eigenvalue weighted by Crippen LogP contribution is 2.23. The topological polar surface area (TPSA) is 75.7 Å². The van der Waals surface area contributed by atoms with Gasteiger partial charge in [0, 0.05) is 6.54 Å². The zero-order valence-corrected chi connectivity index (χ0v) is 16.2. The summed E-state index contributed by atoms with van der Waals surface area (Å²) in [4.78, 5) is 38.5. The van der Waals surface area contributed by atoms with Gasteiger partial charge in [0.1, 0.15) is 5.60 Å². The predicted molar refractivity (Wildman–Crippen MR) is 99.0 cm³/mol. The standard InChI is InChI=1S/C20H28N2O4/c1-6-13(2)11-14(21-19(25)26-20(3,4)5)12-22-17(23)15-9-7-8-10-16(15)18(22)24/h7-10,13-14H,6,11-12H2,1-5H3,(H,21,25)/t13?,14-/m0/s1. The maximum absolute atomic E-state index is 12.6. The molecule has 3 amide bonds. The number of hydrogen-bond donors (Lipinski definition) is 1. The maximum atomic E-state index is 12.6. The Kier molecular flexibility index (Phi) is 6.05. The van der Waals surface area contributed by atoms with Crippen LogP contribution in [0.2, 0.25) is 0 Å². The Hall–Kier alpha value is -2.37. The molecule has 0 saturated carbocycles. The summed E-state index contributed by atoms with van der Waals surface area (Å²) >= 11 is 0. The van der Waals surface area contributed by atoms with Crippen molar-refractivity contribution in [2.45, 2.75) is 59.1 Å². The molecular weight excluding hydrogens is 332 g/mol. The molecule has 6 nitrogen and oxygen atoms in total. The minimum atomic E-state index is -0.611. The smallest absolute Gasteiger partial charge is 0.407 e. The SMILES string of the molecule is CCC(C)C[C@@H](CN1C(=O)c2ccccc2C1=O)NC(=O)OC(C)(C)C. The number of fused-ring (bicyclic) bond motifs is 1. The Morgan fingerprint density at radius 3 is 2.15 bits per heavy atom. The van der Waals surface area contributed by atoms with Crippen LogP contribution in [0, 0.1) is 5.92 Å². The fourth-order valence-electron chi connectivity index (χ4n) is 2.93. The van der Waals surface area contributed by atoms with Gasteiger partial charge in [-0.3, -0.25) is 14.5 Å². The summed E-state index contributed by atoms with van der Waals surface area (Å²) < 4.78 is 5.32. The van der Waals surface area contributed by atoms with E-state index in [-0.39, 0.29) is 24.4 Å². The van der Waals surface area contributed by atoms with Crippen LogP contribution in [-0.2, 0) is 4.74 Å². The second-order valence-electron chi connectivity index (χ2n) is 7.86. The second-order valence-corrected chi connectivity index (χ2v) is 7.86. The van der Waals surface area contributed by atoms with Gasteiger partial charge in [-0.2, -0.15) is 0 Å². The fourth-order valence-corrected chi connectivity index (χ4v) is 2.93. The Labute approximate surface area is 154 Å². The molecule has 0 aliphatic carbocycles. The van der Waals surface area contributed by atoms with Crippen LogP contribution in [0.25, 0.3) is 0 Å². The van der Waals surface area contributed by atoms with Crippen LogP contribution in [0.1, 0.15) is 68.2 Å². The predicted octanol–water partition coefficient (Wildman–Crippen LogP) is 3.61. The third-order valence-electron chi connectivity index (χ3n) is 4.39. The third kappa shape index (κ3) is 4.84. The van der Waals surface area contributed by atoms with E-state index in [0.29, 0.717) is 23.5 Å². The number of carbonyl (C=O) groups excluding carboxylic acids is 3. The Morgan fingerprint density at radius 2 is 1.69 bits per heavy atom. The van der Waals surface area contributed by atoms with Gasteiger partial charge >= 0.3 is 6.09 Å². The number of alkyl carbamates (subject to hydrolysis) is 1. The van der Waals surface area contributed by atoms with E-state index in [1.54, 1.807) is 45.0 Å². The molecule has 1 aliphatic heterocycles. The summed E-state index contributed by atoms with van der Waals surface area (Å²) in [5.74, 6) is -0.290. The van der Waals surface area contributed by atoms with Crippen molar-refractivity contribution >= 4 is 17.9 Å². The Morgan fingerprint density at radius 1 is 1.15 bits per heavy atom. The van der Waals surface area contributed by atoms with E-state index in [4.69, 9.17) is 4.74 Å². The Bertz CT molecular complexity index is 658. The quantitative estimate of drug-likeness (QED) is 0.786. The summed E-state index contributed by atoms with van der Waals surface area (Å²) in [6.45, 7) is 9.65. The van der Waals surface area contributed by atoms with Crippen molar-refractivity contribution in [3.05, 3.63) is 35.4 Å². The lowest BCUT2D eigenvalue weighted by Gasteiger charge is -2.27. The van der Waals surface area contributed by atoms with Gasteiger partial charge in [-0.1, -0.05) is 32.4 Å². The first-order valence-electron chi connectivity index (χ1n) is 9.07. The van der Waals surface area contributed by atoms with Crippen LogP contribution in [0.3, 0.4) is 0 Å². The zero-order valence-electron chi connectivity index (χ0n) is 16.2. The van der Waals surface area contributed by atoms with E-state index in [1.165, 1.54) is 4.90 Å². The first-order valence-corrected chi connectivity index (χ1v) is 9.07. The van der Waals surface area contributed by atoms with Gasteiger partial charge in [0.05, 0.1) is 17.2 Å². The van der Waals surface area contributed by atoms with Gasteiger partial charge in [0.15, 0.2) is 0 Å². The van der Waals surface area contributed by atoms with Crippen LogP contribution in [0.5, 0.6) is 0 Å². The van der Waals surface area contributed by atoms with Crippen molar-refractivity contribution in [2.75, 3.05) is 6.54 Å².